The Balaban J connectivity index is 2.59. The van der Waals surface area contributed by atoms with E-state index >= 15 is 0 Å². The molecule has 0 aliphatic rings. The highest BCUT2D eigenvalue weighted by molar-refractivity contribution is 5.97. The van der Waals surface area contributed by atoms with Crippen LogP contribution >= 0.6 is 0 Å². The van der Waals surface area contributed by atoms with Crippen LogP contribution in [0.25, 0.3) is 11.0 Å². The van der Waals surface area contributed by atoms with E-state index < -0.39 is 0 Å². The summed E-state index contributed by atoms with van der Waals surface area (Å²) >= 11 is 0. The molecule has 0 spiro atoms. The maximum absolute atomic E-state index is 11.5. The number of hydrogen-bond donors (Lipinski definition) is 1. The Morgan fingerprint density at radius 1 is 1.50 bits per heavy atom. The fourth-order valence-electron chi connectivity index (χ4n) is 1.85. The van der Waals surface area contributed by atoms with E-state index in [1.165, 1.54) is 0 Å². The second-order valence-corrected chi connectivity index (χ2v) is 3.72. The Kier molecular flexibility index (Phi) is 2.64. The predicted octanol–water partition coefficient (Wildman–Crippen LogP) is 1.50. The van der Waals surface area contributed by atoms with E-state index in [0.717, 1.165) is 23.3 Å². The molecule has 1 aromatic heterocycles. The van der Waals surface area contributed by atoms with Gasteiger partial charge < -0.3 is 9.88 Å². The monoisotopic (exact) mass is 217 g/mol. The fourth-order valence-corrected chi connectivity index (χ4v) is 1.85. The lowest BCUT2D eigenvalue weighted by Crippen LogP contribution is -2.17. The molecule has 16 heavy (non-hydrogen) atoms. The smallest absolute Gasteiger partial charge is 0.251 e. The first kappa shape index (κ1) is 10.7. The molecule has 0 unspecified atom stereocenters. The molecule has 0 bridgehead atoms. The van der Waals surface area contributed by atoms with Gasteiger partial charge in [-0.05, 0) is 18.2 Å². The Bertz CT molecular complexity index is 542. The molecule has 2 rings (SSSR count). The third-order valence-corrected chi connectivity index (χ3v) is 2.78. The van der Waals surface area contributed by atoms with Crippen LogP contribution in [-0.2, 0) is 13.5 Å². The summed E-state index contributed by atoms with van der Waals surface area (Å²) in [4.78, 5) is 16.0. The van der Waals surface area contributed by atoms with E-state index in [2.05, 4.69) is 21.8 Å². The summed E-state index contributed by atoms with van der Waals surface area (Å²) in [6.45, 7) is 2.07. The van der Waals surface area contributed by atoms with Crippen molar-refractivity contribution in [1.29, 1.82) is 0 Å². The topological polar surface area (TPSA) is 46.9 Å². The van der Waals surface area contributed by atoms with Crippen LogP contribution in [-0.4, -0.2) is 22.5 Å². The maximum Gasteiger partial charge on any atom is 0.251 e. The van der Waals surface area contributed by atoms with Gasteiger partial charge in [-0.2, -0.15) is 0 Å². The number of nitrogens with one attached hydrogen (secondary N) is 1. The van der Waals surface area contributed by atoms with Crippen molar-refractivity contribution < 1.29 is 4.79 Å². The zero-order valence-corrected chi connectivity index (χ0v) is 9.74. The highest BCUT2D eigenvalue weighted by Crippen LogP contribution is 2.17. The Morgan fingerprint density at radius 2 is 2.25 bits per heavy atom. The van der Waals surface area contributed by atoms with Gasteiger partial charge in [0.1, 0.15) is 5.82 Å². The van der Waals surface area contributed by atoms with Gasteiger partial charge in [-0.25, -0.2) is 4.98 Å². The van der Waals surface area contributed by atoms with Crippen LogP contribution in [0.15, 0.2) is 18.2 Å². The number of fused-ring (bicyclic) bond motifs is 1. The van der Waals surface area contributed by atoms with E-state index in [1.807, 2.05) is 25.2 Å². The van der Waals surface area contributed by atoms with Gasteiger partial charge in [0.25, 0.3) is 5.91 Å². The van der Waals surface area contributed by atoms with Gasteiger partial charge in [-0.1, -0.05) is 6.92 Å². The SMILES string of the molecule is CCc1nc2cc(C(=O)NC)ccc2n1C. The number of rotatable bonds is 2. The number of carbonyl (C=O) groups is 1. The van der Waals surface area contributed by atoms with E-state index in [4.69, 9.17) is 0 Å². The first-order chi connectivity index (χ1) is 7.67. The Labute approximate surface area is 94.3 Å². The molecule has 0 radical (unpaired) electrons. The molecule has 2 aromatic rings. The van der Waals surface area contributed by atoms with Crippen LogP contribution < -0.4 is 5.32 Å². The number of nitrogens with zero attached hydrogens (tertiary/aromatic N) is 2. The average Bonchev–Trinajstić information content (AvgIpc) is 2.64. The molecule has 4 heteroatoms. The second-order valence-electron chi connectivity index (χ2n) is 3.72. The molecule has 0 atom stereocenters. The molecule has 1 heterocycles. The zero-order valence-electron chi connectivity index (χ0n) is 9.74. The van der Waals surface area contributed by atoms with E-state index in [1.54, 1.807) is 7.05 Å². The molecule has 0 aliphatic carbocycles. The molecular weight excluding hydrogens is 202 g/mol. The van der Waals surface area contributed by atoms with Crippen molar-refractivity contribution in [3.8, 4) is 0 Å². The second kappa shape index (κ2) is 3.96. The Morgan fingerprint density at radius 3 is 2.88 bits per heavy atom. The van der Waals surface area contributed by atoms with E-state index in [0.29, 0.717) is 5.56 Å². The predicted molar refractivity (Wildman–Crippen MR) is 63.5 cm³/mol. The van der Waals surface area contributed by atoms with Crippen molar-refractivity contribution in [1.82, 2.24) is 14.9 Å². The summed E-state index contributed by atoms with van der Waals surface area (Å²) in [6.07, 6.45) is 0.889. The van der Waals surface area contributed by atoms with Crippen molar-refractivity contribution in [3.63, 3.8) is 0 Å². The van der Waals surface area contributed by atoms with Crippen LogP contribution in [0.5, 0.6) is 0 Å². The van der Waals surface area contributed by atoms with Gasteiger partial charge in [0.15, 0.2) is 0 Å². The third kappa shape index (κ3) is 1.56. The molecule has 0 fully saturated rings. The number of amides is 1. The van der Waals surface area contributed by atoms with Crippen LogP contribution in [0, 0.1) is 0 Å². The molecule has 0 saturated carbocycles. The summed E-state index contributed by atoms with van der Waals surface area (Å²) in [5.41, 5.74) is 2.58. The Hall–Kier alpha value is -1.84. The number of aryl methyl sites for hydroxylation is 2. The van der Waals surface area contributed by atoms with Crippen molar-refractivity contribution in [2.45, 2.75) is 13.3 Å². The molecule has 0 aliphatic heterocycles. The number of aromatic nitrogens is 2. The van der Waals surface area contributed by atoms with Crippen LogP contribution in [0.3, 0.4) is 0 Å². The largest absolute Gasteiger partial charge is 0.355 e. The lowest BCUT2D eigenvalue weighted by molar-refractivity contribution is 0.0963. The number of hydrogen-bond acceptors (Lipinski definition) is 2. The van der Waals surface area contributed by atoms with Gasteiger partial charge in [-0.15, -0.1) is 0 Å². The van der Waals surface area contributed by atoms with Gasteiger partial charge in [0.2, 0.25) is 0 Å². The molecule has 4 nitrogen and oxygen atoms in total. The average molecular weight is 217 g/mol. The minimum atomic E-state index is -0.0781. The minimum Gasteiger partial charge on any atom is -0.355 e. The molecule has 84 valence electrons. The van der Waals surface area contributed by atoms with Gasteiger partial charge in [-0.3, -0.25) is 4.79 Å². The summed E-state index contributed by atoms with van der Waals surface area (Å²) in [7, 11) is 3.62. The van der Waals surface area contributed by atoms with Gasteiger partial charge in [0, 0.05) is 26.1 Å². The molecule has 1 aromatic carbocycles. The maximum atomic E-state index is 11.5. The zero-order chi connectivity index (χ0) is 11.7. The quantitative estimate of drug-likeness (QED) is 0.828. The molecular formula is C12H15N3O. The summed E-state index contributed by atoms with van der Waals surface area (Å²) < 4.78 is 2.06. The van der Waals surface area contributed by atoms with Crippen LogP contribution in [0.1, 0.15) is 23.1 Å². The fraction of sp³-hybridized carbons (Fsp3) is 0.333. The molecule has 0 saturated heterocycles. The van der Waals surface area contributed by atoms with Crippen molar-refractivity contribution in [3.05, 3.63) is 29.6 Å². The van der Waals surface area contributed by atoms with E-state index in [-0.39, 0.29) is 5.91 Å². The molecule has 1 amide bonds. The number of benzene rings is 1. The highest BCUT2D eigenvalue weighted by atomic mass is 16.1. The van der Waals surface area contributed by atoms with Crippen molar-refractivity contribution in [2.75, 3.05) is 7.05 Å². The van der Waals surface area contributed by atoms with Crippen molar-refractivity contribution in [2.24, 2.45) is 7.05 Å². The number of carbonyl (C=O) groups excluding carboxylic acids is 1. The summed E-state index contributed by atoms with van der Waals surface area (Å²) in [5.74, 6) is 0.953. The molecule has 1 N–H and O–H groups in total. The van der Waals surface area contributed by atoms with Crippen molar-refractivity contribution >= 4 is 16.9 Å². The third-order valence-electron chi connectivity index (χ3n) is 2.78. The lowest BCUT2D eigenvalue weighted by atomic mass is 10.2. The minimum absolute atomic E-state index is 0.0781. The van der Waals surface area contributed by atoms with E-state index in [9.17, 15) is 4.79 Å². The first-order valence-electron chi connectivity index (χ1n) is 5.34. The summed E-state index contributed by atoms with van der Waals surface area (Å²) in [6, 6.07) is 5.58. The number of imidazole rings is 1. The van der Waals surface area contributed by atoms with Gasteiger partial charge in [0.05, 0.1) is 11.0 Å². The summed E-state index contributed by atoms with van der Waals surface area (Å²) in [5, 5.41) is 2.61. The van der Waals surface area contributed by atoms with Crippen LogP contribution in [0.4, 0.5) is 0 Å². The highest BCUT2D eigenvalue weighted by Gasteiger charge is 2.09. The normalized spacial score (nSPS) is 10.7. The first-order valence-corrected chi connectivity index (χ1v) is 5.34. The van der Waals surface area contributed by atoms with Crippen LogP contribution in [0.2, 0.25) is 0 Å². The van der Waals surface area contributed by atoms with Gasteiger partial charge >= 0.3 is 0 Å². The standard InChI is InChI=1S/C12H15N3O/c1-4-11-14-9-7-8(12(16)13-2)5-6-10(9)15(11)3/h5-7H,4H2,1-3H3,(H,13,16). The lowest BCUT2D eigenvalue weighted by Gasteiger charge is -2.00.